The van der Waals surface area contributed by atoms with E-state index < -0.39 is 0 Å². The maximum Gasteiger partial charge on any atom is 0.169 e. The van der Waals surface area contributed by atoms with Crippen LogP contribution in [0.2, 0.25) is 0 Å². The lowest BCUT2D eigenvalue weighted by atomic mass is 9.83. The number of hydrogen-bond donors (Lipinski definition) is 1. The molecular weight excluding hydrogens is 429 g/mol. The monoisotopic (exact) mass is 455 g/mol. The Morgan fingerprint density at radius 1 is 1.06 bits per heavy atom. The van der Waals surface area contributed by atoms with E-state index in [1.807, 2.05) is 36.7 Å². The first-order chi connectivity index (χ1) is 16.7. The van der Waals surface area contributed by atoms with Gasteiger partial charge in [0.25, 0.3) is 0 Å². The van der Waals surface area contributed by atoms with Gasteiger partial charge in [-0.05, 0) is 80.6 Å². The molecule has 172 valence electrons. The number of allylic oxidation sites excluding steroid dienone is 3. The van der Waals surface area contributed by atoms with E-state index in [0.717, 1.165) is 49.7 Å². The van der Waals surface area contributed by atoms with E-state index in [1.54, 1.807) is 27.5 Å². The Labute approximate surface area is 196 Å². The number of ketones is 1. The second-order valence-electron chi connectivity index (χ2n) is 9.18. The van der Waals surface area contributed by atoms with Gasteiger partial charge in [-0.15, -0.1) is 0 Å². The molecule has 1 unspecified atom stereocenters. The van der Waals surface area contributed by atoms with Gasteiger partial charge in [0.15, 0.2) is 5.78 Å². The molecule has 2 aliphatic rings. The summed E-state index contributed by atoms with van der Waals surface area (Å²) < 4.78 is 17.8. The lowest BCUT2D eigenvalue weighted by molar-refractivity contribution is 0.0904. The number of aromatic nitrogens is 4. The van der Waals surface area contributed by atoms with Crippen LogP contribution < -0.4 is 5.32 Å². The second-order valence-corrected chi connectivity index (χ2v) is 9.18. The molecule has 0 spiro atoms. The predicted octanol–water partition coefficient (Wildman–Crippen LogP) is 5.43. The van der Waals surface area contributed by atoms with Crippen molar-refractivity contribution in [3.8, 4) is 0 Å². The summed E-state index contributed by atoms with van der Waals surface area (Å²) in [7, 11) is 0. The van der Waals surface area contributed by atoms with Crippen LogP contribution in [-0.2, 0) is 0 Å². The number of rotatable bonds is 3. The van der Waals surface area contributed by atoms with E-state index in [1.165, 1.54) is 17.3 Å². The number of dihydropyridines is 1. The summed E-state index contributed by atoms with van der Waals surface area (Å²) in [6.07, 6.45) is 14.5. The van der Waals surface area contributed by atoms with Gasteiger partial charge in [-0.1, -0.05) is 12.1 Å². The number of carbonyl (C=O) groups excluding carboxylic acids is 1. The van der Waals surface area contributed by atoms with Gasteiger partial charge in [-0.25, -0.2) is 13.4 Å². The number of fused-ring (bicyclic) bond motifs is 2. The zero-order valence-electron chi connectivity index (χ0n) is 18.8. The Bertz CT molecular complexity index is 1450. The van der Waals surface area contributed by atoms with Gasteiger partial charge in [-0.3, -0.25) is 4.79 Å². The molecule has 6 nitrogen and oxygen atoms in total. The minimum Gasteiger partial charge on any atom is -0.365 e. The van der Waals surface area contributed by atoms with Crippen molar-refractivity contribution in [3.63, 3.8) is 0 Å². The molecule has 0 radical (unpaired) electrons. The van der Waals surface area contributed by atoms with Crippen LogP contribution in [0, 0.1) is 11.7 Å². The number of halogens is 1. The Morgan fingerprint density at radius 3 is 2.88 bits per heavy atom. The highest BCUT2D eigenvalue weighted by Crippen LogP contribution is 2.39. The standard InChI is InChI=1S/C27H26FN5O/c28-22-8-5-15-33-26(22)16-24(31-33)20-12-11-18(6-3-9-23-19(20)7-4-13-29-23)27(34)21-17-30-32-14-2-1-10-25(21)32/h1-2,4-5,8,10,13-18,20,29H,3,6-7,9,11-12H2/t18?,20-/m0/s1. The van der Waals surface area contributed by atoms with Crippen LogP contribution in [0.1, 0.15) is 60.5 Å². The molecule has 4 aromatic rings. The molecule has 1 aliphatic carbocycles. The smallest absolute Gasteiger partial charge is 0.169 e. The predicted molar refractivity (Wildman–Crippen MR) is 128 cm³/mol. The number of carbonyl (C=O) groups is 1. The molecule has 2 atom stereocenters. The minimum absolute atomic E-state index is 0.0315. The number of pyridine rings is 2. The van der Waals surface area contributed by atoms with E-state index in [4.69, 9.17) is 5.10 Å². The highest BCUT2D eigenvalue weighted by atomic mass is 19.1. The van der Waals surface area contributed by atoms with Gasteiger partial charge in [0, 0.05) is 29.9 Å². The average molecular weight is 456 g/mol. The SMILES string of the molecule is O=C(c1cnn2ccccc12)C1CCCC2=C(CC=CN2)[C@@H](c2cc3c(F)cccn3n2)CC1. The molecule has 0 aromatic carbocycles. The highest BCUT2D eigenvalue weighted by Gasteiger charge is 2.30. The molecule has 0 saturated heterocycles. The second kappa shape index (κ2) is 8.56. The molecule has 1 N–H and O–H groups in total. The lowest BCUT2D eigenvalue weighted by Gasteiger charge is -2.24. The summed E-state index contributed by atoms with van der Waals surface area (Å²) in [5, 5.41) is 12.6. The molecule has 1 aliphatic heterocycles. The fourth-order valence-electron chi connectivity index (χ4n) is 5.46. The maximum absolute atomic E-state index is 14.4. The van der Waals surface area contributed by atoms with Crippen LogP contribution in [0.5, 0.6) is 0 Å². The molecule has 7 heteroatoms. The van der Waals surface area contributed by atoms with Crippen molar-refractivity contribution in [2.75, 3.05) is 0 Å². The first-order valence-electron chi connectivity index (χ1n) is 11.9. The average Bonchev–Trinajstić information content (AvgIpc) is 3.50. The Morgan fingerprint density at radius 2 is 1.97 bits per heavy atom. The van der Waals surface area contributed by atoms with Gasteiger partial charge >= 0.3 is 0 Å². The van der Waals surface area contributed by atoms with Gasteiger partial charge in [-0.2, -0.15) is 10.2 Å². The quantitative estimate of drug-likeness (QED) is 0.419. The zero-order valence-corrected chi connectivity index (χ0v) is 18.8. The highest BCUT2D eigenvalue weighted by molar-refractivity contribution is 6.03. The van der Waals surface area contributed by atoms with Crippen molar-refractivity contribution in [1.29, 1.82) is 0 Å². The van der Waals surface area contributed by atoms with Crippen molar-refractivity contribution < 1.29 is 9.18 Å². The van der Waals surface area contributed by atoms with Gasteiger partial charge in [0.1, 0.15) is 11.3 Å². The molecule has 0 bridgehead atoms. The van der Waals surface area contributed by atoms with Crippen LogP contribution in [0.4, 0.5) is 4.39 Å². The van der Waals surface area contributed by atoms with Crippen LogP contribution in [-0.4, -0.2) is 25.0 Å². The fraction of sp³-hybridized carbons (Fsp3) is 0.296. The molecule has 0 fully saturated rings. The molecule has 0 saturated carbocycles. The van der Waals surface area contributed by atoms with Gasteiger partial charge < -0.3 is 5.32 Å². The van der Waals surface area contributed by atoms with Crippen LogP contribution in [0.15, 0.2) is 78.5 Å². The molecular formula is C27H26FN5O. The van der Waals surface area contributed by atoms with E-state index >= 15 is 0 Å². The van der Waals surface area contributed by atoms with Gasteiger partial charge in [0.2, 0.25) is 0 Å². The number of hydrogen-bond acceptors (Lipinski definition) is 4. The van der Waals surface area contributed by atoms with Crippen molar-refractivity contribution in [2.24, 2.45) is 5.92 Å². The summed E-state index contributed by atoms with van der Waals surface area (Å²) in [5.74, 6) is -0.170. The molecule has 4 aromatic heterocycles. The van der Waals surface area contributed by atoms with Gasteiger partial charge in [0.05, 0.1) is 23.0 Å². The molecule has 5 heterocycles. The molecule has 6 rings (SSSR count). The summed E-state index contributed by atoms with van der Waals surface area (Å²) in [5.41, 5.74) is 5.40. The van der Waals surface area contributed by atoms with E-state index in [-0.39, 0.29) is 23.4 Å². The van der Waals surface area contributed by atoms with Crippen LogP contribution in [0.3, 0.4) is 0 Å². The Kier molecular flexibility index (Phi) is 5.24. The van der Waals surface area contributed by atoms with E-state index in [0.29, 0.717) is 11.1 Å². The van der Waals surface area contributed by atoms with Crippen molar-refractivity contribution in [3.05, 3.63) is 95.6 Å². The number of Topliss-reactive ketones (excluding diaryl/α,β-unsaturated/α-hetero) is 1. The topological polar surface area (TPSA) is 63.7 Å². The zero-order chi connectivity index (χ0) is 23.1. The number of nitrogens with one attached hydrogen (secondary N) is 1. The third-order valence-corrected chi connectivity index (χ3v) is 7.19. The fourth-order valence-corrected chi connectivity index (χ4v) is 5.46. The minimum atomic E-state index is -0.277. The number of nitrogens with zero attached hydrogens (tertiary/aromatic N) is 4. The summed E-state index contributed by atoms with van der Waals surface area (Å²) in [6, 6.07) is 10.8. The maximum atomic E-state index is 14.4. The first kappa shape index (κ1) is 20.8. The summed E-state index contributed by atoms with van der Waals surface area (Å²) >= 11 is 0. The largest absolute Gasteiger partial charge is 0.365 e. The van der Waals surface area contributed by atoms with Crippen LogP contribution in [0.25, 0.3) is 11.0 Å². The normalized spacial score (nSPS) is 21.1. The van der Waals surface area contributed by atoms with Crippen molar-refractivity contribution >= 4 is 16.8 Å². The molecule has 0 amide bonds. The third-order valence-electron chi connectivity index (χ3n) is 7.19. The lowest BCUT2D eigenvalue weighted by Crippen LogP contribution is -2.17. The molecule has 34 heavy (non-hydrogen) atoms. The Hall–Kier alpha value is -3.74. The van der Waals surface area contributed by atoms with Crippen molar-refractivity contribution in [1.82, 2.24) is 24.5 Å². The van der Waals surface area contributed by atoms with Crippen LogP contribution >= 0.6 is 0 Å². The van der Waals surface area contributed by atoms with Crippen molar-refractivity contribution in [2.45, 2.75) is 44.4 Å². The van der Waals surface area contributed by atoms with E-state index in [9.17, 15) is 9.18 Å². The Balaban J connectivity index is 1.35. The summed E-state index contributed by atoms with van der Waals surface area (Å²) in [4.78, 5) is 13.6. The first-order valence-corrected chi connectivity index (χ1v) is 11.9. The van der Waals surface area contributed by atoms with E-state index in [2.05, 4.69) is 16.5 Å². The third kappa shape index (κ3) is 3.61. The summed E-state index contributed by atoms with van der Waals surface area (Å²) in [6.45, 7) is 0.